The summed E-state index contributed by atoms with van der Waals surface area (Å²) in [7, 11) is 0. The number of hydrogen-bond acceptors (Lipinski definition) is 4. The van der Waals surface area contributed by atoms with Crippen molar-refractivity contribution in [3.63, 3.8) is 0 Å². The predicted molar refractivity (Wildman–Crippen MR) is 80.6 cm³/mol. The van der Waals surface area contributed by atoms with Gasteiger partial charge >= 0.3 is 0 Å². The van der Waals surface area contributed by atoms with Crippen LogP contribution >= 0.6 is 0 Å². The second-order valence-electron chi connectivity index (χ2n) is 4.77. The summed E-state index contributed by atoms with van der Waals surface area (Å²) < 4.78 is 23.0. The monoisotopic (exact) mass is 312 g/mol. The van der Waals surface area contributed by atoms with Gasteiger partial charge in [-0.2, -0.15) is 0 Å². The van der Waals surface area contributed by atoms with Gasteiger partial charge in [0.1, 0.15) is 23.6 Å². The Kier molecular flexibility index (Phi) is 4.33. The minimum absolute atomic E-state index is 0.237. The molecule has 116 valence electrons. The van der Waals surface area contributed by atoms with E-state index in [0.29, 0.717) is 18.0 Å². The van der Waals surface area contributed by atoms with E-state index in [0.717, 1.165) is 5.56 Å². The average molecular weight is 312 g/mol. The molecule has 2 aromatic carbocycles. The molecular formula is C17H13FN2O3. The molecule has 0 bridgehead atoms. The third-order valence-corrected chi connectivity index (χ3v) is 3.10. The van der Waals surface area contributed by atoms with Gasteiger partial charge in [0.2, 0.25) is 0 Å². The van der Waals surface area contributed by atoms with E-state index >= 15 is 0 Å². The highest BCUT2D eigenvalue weighted by molar-refractivity contribution is 5.91. The Labute approximate surface area is 131 Å². The van der Waals surface area contributed by atoms with Crippen LogP contribution < -0.4 is 10.1 Å². The second kappa shape index (κ2) is 6.74. The highest BCUT2D eigenvalue weighted by atomic mass is 19.1. The standard InChI is InChI=1S/C17H13FN2O3/c18-13-3-7-15(8-4-13)23-14-5-1-12(2-6-14)11-19-17(21)16-9-10-22-20-16/h1-10H,11H2,(H,19,21). The van der Waals surface area contributed by atoms with Gasteiger partial charge in [-0.05, 0) is 42.0 Å². The quantitative estimate of drug-likeness (QED) is 0.782. The van der Waals surface area contributed by atoms with Crippen LogP contribution in [0.3, 0.4) is 0 Å². The maximum atomic E-state index is 12.8. The van der Waals surface area contributed by atoms with Crippen LogP contribution in [-0.4, -0.2) is 11.1 Å². The Morgan fingerprint density at radius 1 is 1.04 bits per heavy atom. The number of amides is 1. The first-order valence-electron chi connectivity index (χ1n) is 6.92. The van der Waals surface area contributed by atoms with Crippen molar-refractivity contribution < 1.29 is 18.4 Å². The predicted octanol–water partition coefficient (Wildman–Crippen LogP) is 3.54. The molecule has 0 saturated carbocycles. The lowest BCUT2D eigenvalue weighted by molar-refractivity contribution is 0.0942. The Morgan fingerprint density at radius 2 is 1.70 bits per heavy atom. The number of nitrogens with zero attached hydrogens (tertiary/aromatic N) is 1. The van der Waals surface area contributed by atoms with Gasteiger partial charge in [0.25, 0.3) is 5.91 Å². The minimum atomic E-state index is -0.310. The lowest BCUT2D eigenvalue weighted by atomic mass is 10.2. The van der Waals surface area contributed by atoms with Crippen molar-refractivity contribution in [1.82, 2.24) is 10.5 Å². The number of carbonyl (C=O) groups excluding carboxylic acids is 1. The summed E-state index contributed by atoms with van der Waals surface area (Å²) in [5, 5.41) is 6.29. The van der Waals surface area contributed by atoms with Gasteiger partial charge in [-0.3, -0.25) is 4.79 Å². The SMILES string of the molecule is O=C(NCc1ccc(Oc2ccc(F)cc2)cc1)c1ccon1. The van der Waals surface area contributed by atoms with Crippen LogP contribution in [0.25, 0.3) is 0 Å². The summed E-state index contributed by atoms with van der Waals surface area (Å²) in [4.78, 5) is 11.7. The van der Waals surface area contributed by atoms with E-state index in [1.807, 2.05) is 12.1 Å². The molecule has 3 aromatic rings. The molecule has 1 N–H and O–H groups in total. The van der Waals surface area contributed by atoms with Crippen LogP contribution in [0.5, 0.6) is 11.5 Å². The summed E-state index contributed by atoms with van der Waals surface area (Å²) in [5.41, 5.74) is 1.15. The van der Waals surface area contributed by atoms with Crippen LogP contribution in [0.2, 0.25) is 0 Å². The summed E-state index contributed by atoms with van der Waals surface area (Å²) >= 11 is 0. The molecule has 0 saturated heterocycles. The summed E-state index contributed by atoms with van der Waals surface area (Å²) in [6.07, 6.45) is 1.34. The molecule has 6 heteroatoms. The van der Waals surface area contributed by atoms with Gasteiger partial charge in [0.05, 0.1) is 0 Å². The highest BCUT2D eigenvalue weighted by Crippen LogP contribution is 2.21. The zero-order chi connectivity index (χ0) is 16.1. The van der Waals surface area contributed by atoms with Gasteiger partial charge in [0, 0.05) is 12.6 Å². The molecule has 5 nitrogen and oxygen atoms in total. The molecule has 0 unspecified atom stereocenters. The normalized spacial score (nSPS) is 10.3. The fourth-order valence-electron chi connectivity index (χ4n) is 1.92. The Morgan fingerprint density at radius 3 is 2.30 bits per heavy atom. The van der Waals surface area contributed by atoms with Crippen LogP contribution in [-0.2, 0) is 6.54 Å². The van der Waals surface area contributed by atoms with Crippen molar-refractivity contribution in [1.29, 1.82) is 0 Å². The topological polar surface area (TPSA) is 64.4 Å². The number of aromatic nitrogens is 1. The van der Waals surface area contributed by atoms with Gasteiger partial charge in [-0.1, -0.05) is 17.3 Å². The molecule has 0 aliphatic heterocycles. The molecule has 0 atom stereocenters. The average Bonchev–Trinajstić information content (AvgIpc) is 3.11. The Bertz CT molecular complexity index is 769. The molecule has 1 heterocycles. The van der Waals surface area contributed by atoms with Crippen molar-refractivity contribution in [3.05, 3.63) is 77.9 Å². The molecule has 0 fully saturated rings. The second-order valence-corrected chi connectivity index (χ2v) is 4.77. The zero-order valence-electron chi connectivity index (χ0n) is 12.0. The molecule has 3 rings (SSSR count). The van der Waals surface area contributed by atoms with E-state index in [4.69, 9.17) is 4.74 Å². The molecule has 0 radical (unpaired) electrons. The first kappa shape index (κ1) is 14.8. The molecule has 0 aliphatic rings. The number of benzene rings is 2. The lowest BCUT2D eigenvalue weighted by Crippen LogP contribution is -2.22. The molecule has 1 amide bonds. The van der Waals surface area contributed by atoms with E-state index in [-0.39, 0.29) is 17.4 Å². The molecule has 1 aromatic heterocycles. The van der Waals surface area contributed by atoms with E-state index in [2.05, 4.69) is 15.0 Å². The summed E-state index contributed by atoms with van der Waals surface area (Å²) in [6, 6.07) is 14.5. The van der Waals surface area contributed by atoms with Crippen molar-refractivity contribution in [3.8, 4) is 11.5 Å². The fraction of sp³-hybridized carbons (Fsp3) is 0.0588. The van der Waals surface area contributed by atoms with E-state index < -0.39 is 0 Å². The van der Waals surface area contributed by atoms with Crippen molar-refractivity contribution in [2.24, 2.45) is 0 Å². The zero-order valence-corrected chi connectivity index (χ0v) is 12.0. The van der Waals surface area contributed by atoms with Gasteiger partial charge in [-0.25, -0.2) is 4.39 Å². The summed E-state index contributed by atoms with van der Waals surface area (Å²) in [6.45, 7) is 0.364. The molecule has 23 heavy (non-hydrogen) atoms. The lowest BCUT2D eigenvalue weighted by Gasteiger charge is -2.07. The first-order chi connectivity index (χ1) is 11.2. The maximum absolute atomic E-state index is 12.8. The smallest absolute Gasteiger partial charge is 0.273 e. The molecule has 0 aliphatic carbocycles. The molecule has 0 spiro atoms. The van der Waals surface area contributed by atoms with Crippen LogP contribution in [0.15, 0.2) is 65.4 Å². The highest BCUT2D eigenvalue weighted by Gasteiger charge is 2.08. The van der Waals surface area contributed by atoms with Gasteiger partial charge in [-0.15, -0.1) is 0 Å². The number of rotatable bonds is 5. The largest absolute Gasteiger partial charge is 0.457 e. The number of halogens is 1. The number of nitrogens with one attached hydrogen (secondary N) is 1. The van der Waals surface area contributed by atoms with E-state index in [1.54, 1.807) is 24.3 Å². The number of ether oxygens (including phenoxy) is 1. The number of carbonyl (C=O) groups is 1. The Hall–Kier alpha value is -3.15. The summed E-state index contributed by atoms with van der Waals surface area (Å²) in [5.74, 6) is 0.572. The molecular weight excluding hydrogens is 299 g/mol. The minimum Gasteiger partial charge on any atom is -0.457 e. The number of hydrogen-bond donors (Lipinski definition) is 1. The van der Waals surface area contributed by atoms with Gasteiger partial charge in [0.15, 0.2) is 5.69 Å². The third-order valence-electron chi connectivity index (χ3n) is 3.10. The van der Waals surface area contributed by atoms with Crippen LogP contribution in [0, 0.1) is 5.82 Å². The Balaban J connectivity index is 1.56. The van der Waals surface area contributed by atoms with Gasteiger partial charge < -0.3 is 14.6 Å². The fourth-order valence-corrected chi connectivity index (χ4v) is 1.92. The van der Waals surface area contributed by atoms with Crippen molar-refractivity contribution in [2.45, 2.75) is 6.54 Å². The first-order valence-corrected chi connectivity index (χ1v) is 6.92. The van der Waals surface area contributed by atoms with E-state index in [1.165, 1.54) is 24.5 Å². The van der Waals surface area contributed by atoms with Crippen molar-refractivity contribution >= 4 is 5.91 Å². The van der Waals surface area contributed by atoms with Crippen LogP contribution in [0.1, 0.15) is 16.1 Å². The maximum Gasteiger partial charge on any atom is 0.273 e. The van der Waals surface area contributed by atoms with E-state index in [9.17, 15) is 9.18 Å². The van der Waals surface area contributed by atoms with Crippen molar-refractivity contribution in [2.75, 3.05) is 0 Å². The third kappa shape index (κ3) is 3.94. The van der Waals surface area contributed by atoms with Crippen LogP contribution in [0.4, 0.5) is 4.39 Å².